The van der Waals surface area contributed by atoms with Crippen LogP contribution in [-0.4, -0.2) is 5.60 Å². The second-order valence-corrected chi connectivity index (χ2v) is 7.37. The molecule has 0 fully saturated rings. The van der Waals surface area contributed by atoms with Crippen molar-refractivity contribution in [1.29, 1.82) is 0 Å². The number of hydrogen-bond donors (Lipinski definition) is 0. The van der Waals surface area contributed by atoms with Crippen molar-refractivity contribution < 1.29 is 9.30 Å². The molecule has 0 N–H and O–H groups in total. The van der Waals surface area contributed by atoms with Crippen LogP contribution in [0.1, 0.15) is 52.1 Å². The summed E-state index contributed by atoms with van der Waals surface area (Å²) in [6.45, 7) is 18.9. The Morgan fingerprint density at radius 1 is 1.24 bits per heavy atom. The molecule has 1 aromatic rings. The number of rotatable bonds is 2. The Labute approximate surface area is 109 Å². The topological polar surface area (TPSA) is 13.1 Å². The fourth-order valence-electron chi connectivity index (χ4n) is 1.65. The number of aryl methyl sites for hydroxylation is 1. The highest BCUT2D eigenvalue weighted by molar-refractivity contribution is 7.09. The van der Waals surface area contributed by atoms with E-state index in [1.165, 1.54) is 4.88 Å². The van der Waals surface area contributed by atoms with Crippen LogP contribution in [0.25, 0.3) is 5.76 Å². The first kappa shape index (κ1) is 14.2. The second-order valence-electron chi connectivity index (χ2n) is 6.31. The van der Waals surface area contributed by atoms with Gasteiger partial charge in [-0.15, -0.1) is 0 Å². The summed E-state index contributed by atoms with van der Waals surface area (Å²) in [4.78, 5) is 1.24. The molecule has 1 rings (SSSR count). The molecule has 0 unspecified atom stereocenters. The first-order valence-electron chi connectivity index (χ1n) is 5.91. The van der Waals surface area contributed by atoms with Crippen LogP contribution in [0.2, 0.25) is 0 Å². The Morgan fingerprint density at radius 2 is 1.76 bits per heavy atom. The molecule has 0 saturated heterocycles. The third-order valence-corrected chi connectivity index (χ3v) is 3.19. The Morgan fingerprint density at radius 3 is 2.18 bits per heavy atom. The molecule has 0 aliphatic heterocycles. The van der Waals surface area contributed by atoms with Crippen LogP contribution < -0.4 is 4.57 Å². The third kappa shape index (κ3) is 3.56. The Bertz CT molecular complexity index is 418. The Balaban J connectivity index is 3.14. The average Bonchev–Trinajstić information content (AvgIpc) is 2.42. The fourth-order valence-corrected chi connectivity index (χ4v) is 2.66. The van der Waals surface area contributed by atoms with E-state index in [1.807, 2.05) is 20.8 Å². The zero-order valence-electron chi connectivity index (χ0n) is 12.0. The van der Waals surface area contributed by atoms with Gasteiger partial charge in [-0.25, -0.2) is 0 Å². The van der Waals surface area contributed by atoms with Gasteiger partial charge < -0.3 is 4.74 Å². The first-order chi connectivity index (χ1) is 7.52. The van der Waals surface area contributed by atoms with Gasteiger partial charge in [0.2, 0.25) is 5.51 Å². The monoisotopic (exact) mass is 254 g/mol. The molecule has 0 aromatic carbocycles. The summed E-state index contributed by atoms with van der Waals surface area (Å²) in [5.41, 5.74) is 3.09. The summed E-state index contributed by atoms with van der Waals surface area (Å²) in [5, 5.41) is 0. The molecule has 0 aliphatic rings. The molecule has 96 valence electrons. The van der Waals surface area contributed by atoms with Crippen molar-refractivity contribution in [2.75, 3.05) is 0 Å². The normalized spacial score (nSPS) is 12.6. The van der Waals surface area contributed by atoms with Gasteiger partial charge in [-0.3, -0.25) is 0 Å². The van der Waals surface area contributed by atoms with Gasteiger partial charge in [-0.1, -0.05) is 11.3 Å². The van der Waals surface area contributed by atoms with Crippen molar-refractivity contribution >= 4 is 17.1 Å². The Hall–Kier alpha value is -0.830. The van der Waals surface area contributed by atoms with Crippen LogP contribution in [0.5, 0.6) is 0 Å². The maximum absolute atomic E-state index is 5.89. The highest BCUT2D eigenvalue weighted by atomic mass is 32.1. The van der Waals surface area contributed by atoms with Gasteiger partial charge in [0.25, 0.3) is 5.69 Å². The summed E-state index contributed by atoms with van der Waals surface area (Å²) in [6.07, 6.45) is 0. The standard InChI is InChI=1S/C14H24NOS/c1-10(16-14(6,7)8)12-11(2)17-9-15(12)13(3,4)5/h9H,1H2,2-8H3/q+1. The van der Waals surface area contributed by atoms with Crippen molar-refractivity contribution in [1.82, 2.24) is 0 Å². The van der Waals surface area contributed by atoms with E-state index >= 15 is 0 Å². The van der Waals surface area contributed by atoms with E-state index in [4.69, 9.17) is 4.74 Å². The second kappa shape index (κ2) is 4.45. The first-order valence-corrected chi connectivity index (χ1v) is 6.79. The van der Waals surface area contributed by atoms with Crippen molar-refractivity contribution in [2.45, 2.75) is 59.6 Å². The van der Waals surface area contributed by atoms with E-state index in [-0.39, 0.29) is 11.1 Å². The van der Waals surface area contributed by atoms with Gasteiger partial charge in [-0.05, 0) is 34.3 Å². The number of thiazole rings is 1. The van der Waals surface area contributed by atoms with Gasteiger partial charge in [0.1, 0.15) is 5.60 Å². The summed E-state index contributed by atoms with van der Waals surface area (Å²) < 4.78 is 8.13. The minimum absolute atomic E-state index is 0.0459. The van der Waals surface area contributed by atoms with Crippen molar-refractivity contribution in [2.24, 2.45) is 0 Å². The van der Waals surface area contributed by atoms with E-state index in [9.17, 15) is 0 Å². The molecule has 3 heteroatoms. The largest absolute Gasteiger partial charge is 0.482 e. The molecular formula is C14H24NOS+. The highest BCUT2D eigenvalue weighted by Gasteiger charge is 2.32. The molecule has 0 bridgehead atoms. The zero-order valence-corrected chi connectivity index (χ0v) is 12.9. The smallest absolute Gasteiger partial charge is 0.261 e. The highest BCUT2D eigenvalue weighted by Crippen LogP contribution is 2.25. The zero-order chi connectivity index (χ0) is 13.4. The third-order valence-electron chi connectivity index (χ3n) is 2.33. The van der Waals surface area contributed by atoms with Gasteiger partial charge in [0.15, 0.2) is 11.3 Å². The summed E-state index contributed by atoms with van der Waals surface area (Å²) in [7, 11) is 0. The lowest BCUT2D eigenvalue weighted by Crippen LogP contribution is -2.51. The molecule has 1 heterocycles. The lowest BCUT2D eigenvalue weighted by molar-refractivity contribution is -0.752. The molecule has 0 saturated carbocycles. The number of hydrogen-bond acceptors (Lipinski definition) is 2. The molecule has 0 radical (unpaired) electrons. The van der Waals surface area contributed by atoms with Crippen molar-refractivity contribution in [3.8, 4) is 0 Å². The lowest BCUT2D eigenvalue weighted by atomic mass is 10.1. The molecular weight excluding hydrogens is 230 g/mol. The molecule has 0 spiro atoms. The van der Waals surface area contributed by atoms with Gasteiger partial charge in [-0.2, -0.15) is 4.57 Å². The van der Waals surface area contributed by atoms with Crippen LogP contribution in [0, 0.1) is 6.92 Å². The summed E-state index contributed by atoms with van der Waals surface area (Å²) in [5.74, 6) is 0.756. The van der Waals surface area contributed by atoms with E-state index in [0.717, 1.165) is 11.5 Å². The van der Waals surface area contributed by atoms with Crippen LogP contribution in [0.15, 0.2) is 12.1 Å². The fraction of sp³-hybridized carbons (Fsp3) is 0.643. The van der Waals surface area contributed by atoms with E-state index in [1.54, 1.807) is 11.3 Å². The number of ether oxygens (including phenoxy) is 1. The molecule has 0 aliphatic carbocycles. The molecule has 17 heavy (non-hydrogen) atoms. The van der Waals surface area contributed by atoms with Crippen LogP contribution in [0.3, 0.4) is 0 Å². The average molecular weight is 254 g/mol. The molecule has 1 aromatic heterocycles. The minimum Gasteiger partial charge on any atom is -0.482 e. The van der Waals surface area contributed by atoms with E-state index in [2.05, 4.69) is 44.4 Å². The summed E-state index contributed by atoms with van der Waals surface area (Å²) in [6, 6.07) is 0. The van der Waals surface area contributed by atoms with Crippen LogP contribution in [0.4, 0.5) is 0 Å². The SMILES string of the molecule is C=C(OC(C)(C)C)c1c(C)sc[n+]1C(C)(C)C. The van der Waals surface area contributed by atoms with Gasteiger partial charge >= 0.3 is 0 Å². The maximum Gasteiger partial charge on any atom is 0.261 e. The summed E-state index contributed by atoms with van der Waals surface area (Å²) >= 11 is 1.73. The predicted molar refractivity (Wildman–Crippen MR) is 74.1 cm³/mol. The van der Waals surface area contributed by atoms with Crippen molar-refractivity contribution in [3.63, 3.8) is 0 Å². The predicted octanol–water partition coefficient (Wildman–Crippen LogP) is 3.88. The number of aromatic nitrogens is 1. The quantitative estimate of drug-likeness (QED) is 0.576. The minimum atomic E-state index is -0.207. The maximum atomic E-state index is 5.89. The van der Waals surface area contributed by atoms with Gasteiger partial charge in [0, 0.05) is 20.8 Å². The van der Waals surface area contributed by atoms with E-state index < -0.39 is 0 Å². The van der Waals surface area contributed by atoms with Crippen LogP contribution >= 0.6 is 11.3 Å². The number of nitrogens with zero attached hydrogens (tertiary/aromatic N) is 1. The van der Waals surface area contributed by atoms with Crippen molar-refractivity contribution in [3.05, 3.63) is 22.7 Å². The lowest BCUT2D eigenvalue weighted by Gasteiger charge is -2.23. The van der Waals surface area contributed by atoms with Gasteiger partial charge in [0.05, 0.1) is 4.88 Å². The molecule has 0 amide bonds. The molecule has 2 nitrogen and oxygen atoms in total. The Kier molecular flexibility index (Phi) is 3.72. The van der Waals surface area contributed by atoms with Crippen LogP contribution in [-0.2, 0) is 10.3 Å². The van der Waals surface area contributed by atoms with E-state index in [0.29, 0.717) is 0 Å². The molecule has 0 atom stereocenters.